The molecule has 2 amide bonds. The van der Waals surface area contributed by atoms with Crippen LogP contribution in [0.3, 0.4) is 0 Å². The minimum atomic E-state index is -0.351. The third-order valence-electron chi connectivity index (χ3n) is 3.83. The molecule has 7 nitrogen and oxygen atoms in total. The van der Waals surface area contributed by atoms with E-state index >= 15 is 0 Å². The molecule has 0 aliphatic rings. The number of fused-ring (bicyclic) bond motifs is 1. The standard InChI is InChI=1S/C18H20N4O3/c1-25-16-6-3-2-5-13(16)12-7-8-14-15(11-12)21-22-17(14)20-18(24)19-9-4-10-23/h2-3,5-8,11,23H,4,9-10H2,1H3,(H3,19,20,21,22,24). The smallest absolute Gasteiger partial charge is 0.320 e. The van der Waals surface area contributed by atoms with Gasteiger partial charge >= 0.3 is 6.03 Å². The minimum absolute atomic E-state index is 0.0390. The highest BCUT2D eigenvalue weighted by Gasteiger charge is 2.11. The zero-order valence-corrected chi connectivity index (χ0v) is 13.9. The van der Waals surface area contributed by atoms with Crippen LogP contribution in [0, 0.1) is 0 Å². The highest BCUT2D eigenvalue weighted by Crippen LogP contribution is 2.32. The minimum Gasteiger partial charge on any atom is -0.496 e. The third-order valence-corrected chi connectivity index (χ3v) is 3.83. The summed E-state index contributed by atoms with van der Waals surface area (Å²) in [6.07, 6.45) is 0.511. The zero-order valence-electron chi connectivity index (χ0n) is 13.9. The zero-order chi connectivity index (χ0) is 17.6. The normalized spacial score (nSPS) is 10.6. The number of hydrogen-bond donors (Lipinski definition) is 4. The molecule has 0 aliphatic heterocycles. The largest absolute Gasteiger partial charge is 0.496 e. The molecule has 3 rings (SSSR count). The summed E-state index contributed by atoms with van der Waals surface area (Å²) in [5.74, 6) is 1.26. The van der Waals surface area contributed by atoms with Gasteiger partial charge in [0.1, 0.15) is 5.75 Å². The molecule has 0 spiro atoms. The predicted octanol–water partition coefficient (Wildman–Crippen LogP) is 2.74. The molecule has 4 N–H and O–H groups in total. The van der Waals surface area contributed by atoms with Gasteiger partial charge in [0.25, 0.3) is 0 Å². The average Bonchev–Trinajstić information content (AvgIpc) is 3.04. The molecular formula is C18H20N4O3. The first-order valence-corrected chi connectivity index (χ1v) is 8.00. The van der Waals surface area contributed by atoms with Crippen molar-refractivity contribution in [3.63, 3.8) is 0 Å². The molecular weight excluding hydrogens is 320 g/mol. The summed E-state index contributed by atoms with van der Waals surface area (Å²) in [5, 5.41) is 22.0. The number of H-pyrrole nitrogens is 1. The second kappa shape index (κ2) is 7.67. The van der Waals surface area contributed by atoms with E-state index in [1.807, 2.05) is 42.5 Å². The monoisotopic (exact) mass is 340 g/mol. The fraction of sp³-hybridized carbons (Fsp3) is 0.222. The Morgan fingerprint density at radius 1 is 1.28 bits per heavy atom. The molecule has 0 radical (unpaired) electrons. The van der Waals surface area contributed by atoms with Gasteiger partial charge in [-0.25, -0.2) is 4.79 Å². The first kappa shape index (κ1) is 16.8. The number of nitrogens with one attached hydrogen (secondary N) is 3. The number of ether oxygens (including phenoxy) is 1. The molecule has 0 saturated heterocycles. The van der Waals surface area contributed by atoms with E-state index in [1.165, 1.54) is 0 Å². The number of anilines is 1. The summed E-state index contributed by atoms with van der Waals surface area (Å²) in [7, 11) is 1.64. The number of para-hydroxylation sites is 1. The molecule has 1 aromatic heterocycles. The maximum Gasteiger partial charge on any atom is 0.320 e. The van der Waals surface area contributed by atoms with Gasteiger partial charge in [-0.15, -0.1) is 0 Å². The van der Waals surface area contributed by atoms with Crippen molar-refractivity contribution in [2.75, 3.05) is 25.6 Å². The van der Waals surface area contributed by atoms with Crippen LogP contribution in [-0.2, 0) is 0 Å². The fourth-order valence-electron chi connectivity index (χ4n) is 2.60. The van der Waals surface area contributed by atoms with Crippen LogP contribution in [0.2, 0.25) is 0 Å². The van der Waals surface area contributed by atoms with Gasteiger partial charge in [-0.2, -0.15) is 5.10 Å². The van der Waals surface area contributed by atoms with E-state index < -0.39 is 0 Å². The molecule has 25 heavy (non-hydrogen) atoms. The Balaban J connectivity index is 1.83. The highest BCUT2D eigenvalue weighted by molar-refractivity contribution is 6.00. The Morgan fingerprint density at radius 3 is 2.92 bits per heavy atom. The summed E-state index contributed by atoms with van der Waals surface area (Å²) in [6.45, 7) is 0.444. The molecule has 0 aliphatic carbocycles. The van der Waals surface area contributed by atoms with E-state index in [9.17, 15) is 4.79 Å². The number of aliphatic hydroxyl groups is 1. The van der Waals surface area contributed by atoms with Gasteiger partial charge in [0.2, 0.25) is 0 Å². The number of benzene rings is 2. The van der Waals surface area contributed by atoms with Crippen molar-refractivity contribution in [1.82, 2.24) is 15.5 Å². The molecule has 0 saturated carbocycles. The number of urea groups is 1. The topological polar surface area (TPSA) is 99.3 Å². The van der Waals surface area contributed by atoms with E-state index in [0.29, 0.717) is 18.8 Å². The maximum atomic E-state index is 11.8. The number of aliphatic hydroxyl groups excluding tert-OH is 1. The molecule has 1 heterocycles. The first-order valence-electron chi connectivity index (χ1n) is 8.00. The Morgan fingerprint density at radius 2 is 2.12 bits per heavy atom. The summed E-state index contributed by atoms with van der Waals surface area (Å²) in [4.78, 5) is 11.8. The van der Waals surface area contributed by atoms with Crippen LogP contribution in [0.4, 0.5) is 10.6 Å². The van der Waals surface area contributed by atoms with Crippen LogP contribution in [0.5, 0.6) is 5.75 Å². The van der Waals surface area contributed by atoms with E-state index in [1.54, 1.807) is 7.11 Å². The Bertz CT molecular complexity index is 876. The number of methoxy groups -OCH3 is 1. The lowest BCUT2D eigenvalue weighted by molar-refractivity contribution is 0.249. The molecule has 7 heteroatoms. The van der Waals surface area contributed by atoms with Crippen LogP contribution >= 0.6 is 0 Å². The van der Waals surface area contributed by atoms with E-state index in [-0.39, 0.29) is 12.6 Å². The second-order valence-corrected chi connectivity index (χ2v) is 5.49. The first-order chi connectivity index (χ1) is 12.2. The number of hydrogen-bond acceptors (Lipinski definition) is 4. The summed E-state index contributed by atoms with van der Waals surface area (Å²) in [5.41, 5.74) is 2.79. The number of amides is 2. The number of carbonyl (C=O) groups is 1. The number of rotatable bonds is 6. The summed E-state index contributed by atoms with van der Waals surface area (Å²) >= 11 is 0. The Labute approximate surface area is 145 Å². The average molecular weight is 340 g/mol. The van der Waals surface area contributed by atoms with Crippen molar-refractivity contribution >= 4 is 22.8 Å². The van der Waals surface area contributed by atoms with Gasteiger partial charge in [0.05, 0.1) is 12.6 Å². The van der Waals surface area contributed by atoms with Crippen molar-refractivity contribution in [3.8, 4) is 16.9 Å². The second-order valence-electron chi connectivity index (χ2n) is 5.49. The maximum absolute atomic E-state index is 11.8. The van der Waals surface area contributed by atoms with Gasteiger partial charge < -0.3 is 15.2 Å². The molecule has 0 unspecified atom stereocenters. The van der Waals surface area contributed by atoms with Crippen LogP contribution < -0.4 is 15.4 Å². The molecule has 130 valence electrons. The van der Waals surface area contributed by atoms with Gasteiger partial charge in [-0.05, 0) is 30.2 Å². The lowest BCUT2D eigenvalue weighted by Gasteiger charge is -2.08. The van der Waals surface area contributed by atoms with Crippen LogP contribution in [0.1, 0.15) is 6.42 Å². The summed E-state index contributed by atoms with van der Waals surface area (Å²) in [6, 6.07) is 13.3. The van der Waals surface area contributed by atoms with Gasteiger partial charge in [-0.3, -0.25) is 10.4 Å². The SMILES string of the molecule is COc1ccccc1-c1ccc2c(NC(=O)NCCCO)n[nH]c2c1. The van der Waals surface area contributed by atoms with E-state index in [0.717, 1.165) is 27.8 Å². The molecule has 2 aromatic carbocycles. The summed E-state index contributed by atoms with van der Waals surface area (Å²) < 4.78 is 5.41. The lowest BCUT2D eigenvalue weighted by Crippen LogP contribution is -2.30. The van der Waals surface area contributed by atoms with E-state index in [2.05, 4.69) is 20.8 Å². The van der Waals surface area contributed by atoms with Crippen molar-refractivity contribution < 1.29 is 14.6 Å². The molecule has 3 aromatic rings. The van der Waals surface area contributed by atoms with Gasteiger partial charge in [0.15, 0.2) is 5.82 Å². The van der Waals surface area contributed by atoms with Crippen LogP contribution in [-0.4, -0.2) is 41.6 Å². The van der Waals surface area contributed by atoms with Crippen molar-refractivity contribution in [2.24, 2.45) is 0 Å². The van der Waals surface area contributed by atoms with Crippen molar-refractivity contribution in [1.29, 1.82) is 0 Å². The Kier molecular flexibility index (Phi) is 5.15. The number of aromatic nitrogens is 2. The van der Waals surface area contributed by atoms with E-state index in [4.69, 9.17) is 9.84 Å². The van der Waals surface area contributed by atoms with Crippen molar-refractivity contribution in [2.45, 2.75) is 6.42 Å². The lowest BCUT2D eigenvalue weighted by atomic mass is 10.0. The number of nitrogens with zero attached hydrogens (tertiary/aromatic N) is 1. The number of aromatic amines is 1. The molecule has 0 fully saturated rings. The molecule has 0 bridgehead atoms. The van der Waals surface area contributed by atoms with Gasteiger partial charge in [0, 0.05) is 24.1 Å². The van der Waals surface area contributed by atoms with Crippen LogP contribution in [0.25, 0.3) is 22.0 Å². The predicted molar refractivity (Wildman–Crippen MR) is 96.8 cm³/mol. The van der Waals surface area contributed by atoms with Crippen LogP contribution in [0.15, 0.2) is 42.5 Å². The fourth-order valence-corrected chi connectivity index (χ4v) is 2.60. The van der Waals surface area contributed by atoms with Gasteiger partial charge in [-0.1, -0.05) is 24.3 Å². The Hall–Kier alpha value is -3.06. The highest BCUT2D eigenvalue weighted by atomic mass is 16.5. The third kappa shape index (κ3) is 3.72. The number of carbonyl (C=O) groups excluding carboxylic acids is 1. The quantitative estimate of drug-likeness (QED) is 0.519. The molecule has 0 atom stereocenters. The van der Waals surface area contributed by atoms with Crippen molar-refractivity contribution in [3.05, 3.63) is 42.5 Å².